The molecule has 0 aliphatic heterocycles. The number of carbonyl (C=O) groups excluding carboxylic acids is 1. The lowest BCUT2D eigenvalue weighted by Gasteiger charge is -2.37. The van der Waals surface area contributed by atoms with Crippen molar-refractivity contribution in [2.24, 2.45) is 5.73 Å². The molecule has 0 amide bonds. The number of rotatable bonds is 4. The van der Waals surface area contributed by atoms with Gasteiger partial charge in [-0.1, -0.05) is 6.08 Å². The Hall–Kier alpha value is -0.630. The highest BCUT2D eigenvalue weighted by atomic mass is 16.1. The molecule has 1 aliphatic carbocycles. The van der Waals surface area contributed by atoms with Gasteiger partial charge in [-0.2, -0.15) is 0 Å². The first kappa shape index (κ1) is 8.47. The molecule has 0 aromatic carbocycles. The zero-order chi connectivity index (χ0) is 8.32. The third-order valence-electron chi connectivity index (χ3n) is 2.27. The molecule has 0 heterocycles. The van der Waals surface area contributed by atoms with Crippen molar-refractivity contribution in [3.05, 3.63) is 12.7 Å². The predicted octanol–water partition coefficient (Wildman–Crippen LogP) is 1.40. The summed E-state index contributed by atoms with van der Waals surface area (Å²) in [7, 11) is 0. The van der Waals surface area contributed by atoms with Gasteiger partial charge in [0, 0.05) is 18.4 Å². The minimum atomic E-state index is -0.153. The topological polar surface area (TPSA) is 43.1 Å². The fraction of sp³-hybridized carbons (Fsp3) is 0.667. The van der Waals surface area contributed by atoms with E-state index in [0.717, 1.165) is 12.8 Å². The Morgan fingerprint density at radius 1 is 1.64 bits per heavy atom. The predicted molar refractivity (Wildman–Crippen MR) is 45.2 cm³/mol. The molecule has 1 rings (SSSR count). The van der Waals surface area contributed by atoms with E-state index in [4.69, 9.17) is 5.73 Å². The van der Waals surface area contributed by atoms with Gasteiger partial charge in [0.15, 0.2) is 0 Å². The van der Waals surface area contributed by atoms with Crippen LogP contribution < -0.4 is 5.73 Å². The highest BCUT2D eigenvalue weighted by Gasteiger charge is 2.33. The maximum atomic E-state index is 11.1. The molecular formula is C9H15NO. The molecule has 0 unspecified atom stereocenters. The van der Waals surface area contributed by atoms with Gasteiger partial charge in [-0.25, -0.2) is 0 Å². The van der Waals surface area contributed by atoms with Gasteiger partial charge in [0.05, 0.1) is 0 Å². The van der Waals surface area contributed by atoms with E-state index < -0.39 is 0 Å². The standard InChI is InChI=1S/C9H15NO/c1-2-4-8(11)7-9(10)5-3-6-9/h2H,1,3-7,10H2. The molecule has 2 N–H and O–H groups in total. The summed E-state index contributed by atoms with van der Waals surface area (Å²) in [5, 5.41) is 0. The van der Waals surface area contributed by atoms with Crippen molar-refractivity contribution in [2.75, 3.05) is 0 Å². The summed E-state index contributed by atoms with van der Waals surface area (Å²) in [6.07, 6.45) is 5.85. The number of carbonyl (C=O) groups is 1. The average molecular weight is 153 g/mol. The fourth-order valence-corrected chi connectivity index (χ4v) is 1.43. The SMILES string of the molecule is C=CCC(=O)CC1(N)CCC1. The summed E-state index contributed by atoms with van der Waals surface area (Å²) >= 11 is 0. The summed E-state index contributed by atoms with van der Waals surface area (Å²) < 4.78 is 0. The summed E-state index contributed by atoms with van der Waals surface area (Å²) in [6, 6.07) is 0. The summed E-state index contributed by atoms with van der Waals surface area (Å²) in [5.41, 5.74) is 5.73. The maximum Gasteiger partial charge on any atom is 0.138 e. The van der Waals surface area contributed by atoms with Gasteiger partial charge < -0.3 is 5.73 Å². The molecule has 0 aromatic heterocycles. The largest absolute Gasteiger partial charge is 0.325 e. The highest BCUT2D eigenvalue weighted by Crippen LogP contribution is 2.32. The number of nitrogens with two attached hydrogens (primary N) is 1. The van der Waals surface area contributed by atoms with E-state index in [9.17, 15) is 4.79 Å². The Morgan fingerprint density at radius 2 is 2.27 bits per heavy atom. The third-order valence-corrected chi connectivity index (χ3v) is 2.27. The quantitative estimate of drug-likeness (QED) is 0.620. The smallest absolute Gasteiger partial charge is 0.138 e. The molecule has 2 heteroatoms. The minimum absolute atomic E-state index is 0.153. The minimum Gasteiger partial charge on any atom is -0.325 e. The van der Waals surface area contributed by atoms with Crippen molar-refractivity contribution in [2.45, 2.75) is 37.6 Å². The van der Waals surface area contributed by atoms with Crippen LogP contribution in [0.25, 0.3) is 0 Å². The first-order chi connectivity index (χ1) is 5.16. The van der Waals surface area contributed by atoms with Crippen LogP contribution in [0.5, 0.6) is 0 Å². The molecule has 0 bridgehead atoms. The zero-order valence-corrected chi connectivity index (χ0v) is 6.81. The van der Waals surface area contributed by atoms with Gasteiger partial charge in [-0.3, -0.25) is 4.79 Å². The second kappa shape index (κ2) is 3.18. The van der Waals surface area contributed by atoms with E-state index in [1.165, 1.54) is 6.42 Å². The molecule has 11 heavy (non-hydrogen) atoms. The van der Waals surface area contributed by atoms with E-state index >= 15 is 0 Å². The third kappa shape index (κ3) is 2.15. The average Bonchev–Trinajstić information content (AvgIpc) is 1.85. The number of allylic oxidation sites excluding steroid dienone is 1. The summed E-state index contributed by atoms with van der Waals surface area (Å²) in [5.74, 6) is 0.224. The lowest BCUT2D eigenvalue weighted by molar-refractivity contribution is -0.120. The van der Waals surface area contributed by atoms with E-state index in [2.05, 4.69) is 6.58 Å². The van der Waals surface area contributed by atoms with Crippen molar-refractivity contribution in [3.63, 3.8) is 0 Å². The molecule has 1 aliphatic rings. The molecule has 62 valence electrons. The van der Waals surface area contributed by atoms with Crippen LogP contribution in [-0.4, -0.2) is 11.3 Å². The number of hydrogen-bond donors (Lipinski definition) is 1. The van der Waals surface area contributed by atoms with Crippen molar-refractivity contribution >= 4 is 5.78 Å². The number of ketones is 1. The van der Waals surface area contributed by atoms with Crippen molar-refractivity contribution in [3.8, 4) is 0 Å². The first-order valence-electron chi connectivity index (χ1n) is 4.08. The Bertz CT molecular complexity index is 170. The van der Waals surface area contributed by atoms with Crippen molar-refractivity contribution < 1.29 is 4.79 Å². The Kier molecular flexibility index (Phi) is 2.45. The summed E-state index contributed by atoms with van der Waals surface area (Å²) in [6.45, 7) is 3.51. The molecule has 1 saturated carbocycles. The molecule has 2 nitrogen and oxygen atoms in total. The molecule has 1 fully saturated rings. The molecule has 0 atom stereocenters. The lowest BCUT2D eigenvalue weighted by Crippen LogP contribution is -2.47. The molecule has 0 spiro atoms. The van der Waals surface area contributed by atoms with Crippen LogP contribution in [0, 0.1) is 0 Å². The van der Waals surface area contributed by atoms with Crippen molar-refractivity contribution in [1.82, 2.24) is 0 Å². The Morgan fingerprint density at radius 3 is 2.64 bits per heavy atom. The van der Waals surface area contributed by atoms with Crippen LogP contribution >= 0.6 is 0 Å². The monoisotopic (exact) mass is 153 g/mol. The first-order valence-corrected chi connectivity index (χ1v) is 4.08. The van der Waals surface area contributed by atoms with E-state index in [1.54, 1.807) is 6.08 Å². The van der Waals surface area contributed by atoms with Gasteiger partial charge in [-0.15, -0.1) is 6.58 Å². The van der Waals surface area contributed by atoms with Gasteiger partial charge in [0.2, 0.25) is 0 Å². The number of hydrogen-bond acceptors (Lipinski definition) is 2. The van der Waals surface area contributed by atoms with Crippen LogP contribution in [0.4, 0.5) is 0 Å². The van der Waals surface area contributed by atoms with Gasteiger partial charge in [0.25, 0.3) is 0 Å². The zero-order valence-electron chi connectivity index (χ0n) is 6.81. The maximum absolute atomic E-state index is 11.1. The van der Waals surface area contributed by atoms with Gasteiger partial charge in [-0.05, 0) is 19.3 Å². The highest BCUT2D eigenvalue weighted by molar-refractivity contribution is 5.81. The molecule has 0 saturated heterocycles. The molecule has 0 radical (unpaired) electrons. The second-order valence-corrected chi connectivity index (χ2v) is 3.42. The Balaban J connectivity index is 2.29. The molecule has 0 aromatic rings. The lowest BCUT2D eigenvalue weighted by atomic mass is 9.74. The summed E-state index contributed by atoms with van der Waals surface area (Å²) in [4.78, 5) is 11.1. The second-order valence-electron chi connectivity index (χ2n) is 3.42. The van der Waals surface area contributed by atoms with Gasteiger partial charge in [0.1, 0.15) is 5.78 Å². The van der Waals surface area contributed by atoms with E-state index in [1.807, 2.05) is 0 Å². The van der Waals surface area contributed by atoms with Crippen LogP contribution in [-0.2, 0) is 4.79 Å². The van der Waals surface area contributed by atoms with Crippen LogP contribution in [0.15, 0.2) is 12.7 Å². The fourth-order valence-electron chi connectivity index (χ4n) is 1.43. The van der Waals surface area contributed by atoms with Crippen molar-refractivity contribution in [1.29, 1.82) is 0 Å². The number of Topliss-reactive ketones (excluding diaryl/α,β-unsaturated/α-hetero) is 1. The van der Waals surface area contributed by atoms with Crippen LogP contribution in [0.2, 0.25) is 0 Å². The molecular weight excluding hydrogens is 138 g/mol. The normalized spacial score (nSPS) is 20.5. The van der Waals surface area contributed by atoms with Gasteiger partial charge >= 0.3 is 0 Å². The Labute approximate surface area is 67.5 Å². The van der Waals surface area contributed by atoms with Crippen LogP contribution in [0.3, 0.4) is 0 Å². The van der Waals surface area contributed by atoms with E-state index in [-0.39, 0.29) is 11.3 Å². The van der Waals surface area contributed by atoms with Crippen LogP contribution in [0.1, 0.15) is 32.1 Å². The van der Waals surface area contributed by atoms with E-state index in [0.29, 0.717) is 12.8 Å².